The van der Waals surface area contributed by atoms with E-state index in [0.717, 1.165) is 17.2 Å². The SMILES string of the molecule is CCCn1cc2c(n1)c(N(C(=O)O)C(=O)OCCCCN)nc1ccccc12. The number of imide groups is 1. The van der Waals surface area contributed by atoms with Gasteiger partial charge in [0.25, 0.3) is 0 Å². The monoisotopic (exact) mass is 385 g/mol. The Labute approximate surface area is 161 Å². The Kier molecular flexibility index (Phi) is 6.05. The summed E-state index contributed by atoms with van der Waals surface area (Å²) < 4.78 is 6.84. The van der Waals surface area contributed by atoms with Gasteiger partial charge in [-0.3, -0.25) is 4.68 Å². The van der Waals surface area contributed by atoms with Crippen molar-refractivity contribution in [3.05, 3.63) is 30.5 Å². The van der Waals surface area contributed by atoms with E-state index in [0.29, 0.717) is 41.9 Å². The van der Waals surface area contributed by atoms with Crippen molar-refractivity contribution in [1.29, 1.82) is 0 Å². The molecule has 0 radical (unpaired) electrons. The predicted octanol–water partition coefficient (Wildman–Crippen LogP) is 3.35. The maximum atomic E-state index is 12.5. The highest BCUT2D eigenvalue weighted by atomic mass is 16.6. The van der Waals surface area contributed by atoms with Crippen LogP contribution in [0.5, 0.6) is 0 Å². The van der Waals surface area contributed by atoms with Gasteiger partial charge in [-0.2, -0.15) is 10.00 Å². The number of para-hydroxylation sites is 1. The Morgan fingerprint density at radius 3 is 2.75 bits per heavy atom. The fourth-order valence-corrected chi connectivity index (χ4v) is 2.97. The Hall–Kier alpha value is -3.20. The molecule has 0 atom stereocenters. The molecule has 0 aliphatic rings. The lowest BCUT2D eigenvalue weighted by molar-refractivity contribution is 0.147. The molecule has 2 heterocycles. The van der Waals surface area contributed by atoms with E-state index >= 15 is 0 Å². The number of carbonyl (C=O) groups excluding carboxylic acids is 1. The minimum atomic E-state index is -1.47. The molecule has 9 nitrogen and oxygen atoms in total. The van der Waals surface area contributed by atoms with Crippen LogP contribution >= 0.6 is 0 Å². The average molecular weight is 385 g/mol. The summed E-state index contributed by atoms with van der Waals surface area (Å²) in [6.07, 6.45) is 1.47. The highest BCUT2D eigenvalue weighted by Crippen LogP contribution is 2.31. The number of fused-ring (bicyclic) bond motifs is 3. The largest absolute Gasteiger partial charge is 0.464 e. The minimum Gasteiger partial charge on any atom is -0.464 e. The number of hydrogen-bond acceptors (Lipinski definition) is 6. The topological polar surface area (TPSA) is 124 Å². The second kappa shape index (κ2) is 8.66. The zero-order valence-corrected chi connectivity index (χ0v) is 15.7. The number of ether oxygens (including phenoxy) is 1. The van der Waals surface area contributed by atoms with Gasteiger partial charge in [-0.1, -0.05) is 25.1 Å². The van der Waals surface area contributed by atoms with E-state index in [4.69, 9.17) is 10.5 Å². The molecule has 1 aromatic carbocycles. The number of carboxylic acid groups (broad SMARTS) is 1. The van der Waals surface area contributed by atoms with Gasteiger partial charge < -0.3 is 15.6 Å². The fourth-order valence-electron chi connectivity index (χ4n) is 2.97. The number of rotatable bonds is 7. The normalized spacial score (nSPS) is 11.1. The van der Waals surface area contributed by atoms with Crippen LogP contribution in [-0.2, 0) is 11.3 Å². The number of carbonyl (C=O) groups is 2. The Balaban J connectivity index is 2.09. The first kappa shape index (κ1) is 19.6. The molecule has 0 saturated carbocycles. The standard InChI is InChI=1S/C19H23N5O4/c1-2-10-23-12-14-13-7-3-4-8-15(13)21-17(16(14)22-23)24(18(25)26)19(27)28-11-6-5-9-20/h3-4,7-8,12H,2,5-6,9-11,20H2,1H3,(H,25,26). The first-order valence-electron chi connectivity index (χ1n) is 9.22. The van der Waals surface area contributed by atoms with Crippen LogP contribution in [0.3, 0.4) is 0 Å². The summed E-state index contributed by atoms with van der Waals surface area (Å²) >= 11 is 0. The van der Waals surface area contributed by atoms with Crippen molar-refractivity contribution >= 4 is 39.8 Å². The third kappa shape index (κ3) is 3.89. The van der Waals surface area contributed by atoms with Gasteiger partial charge in [-0.05, 0) is 31.9 Å². The number of nitrogens with two attached hydrogens (primary N) is 1. The van der Waals surface area contributed by atoms with E-state index in [1.54, 1.807) is 16.8 Å². The lowest BCUT2D eigenvalue weighted by atomic mass is 10.1. The zero-order chi connectivity index (χ0) is 20.1. The highest BCUT2D eigenvalue weighted by Gasteiger charge is 2.30. The molecule has 0 aliphatic carbocycles. The first-order chi connectivity index (χ1) is 13.6. The number of hydrogen-bond donors (Lipinski definition) is 2. The summed E-state index contributed by atoms with van der Waals surface area (Å²) in [4.78, 5) is 29.3. The summed E-state index contributed by atoms with van der Waals surface area (Å²) in [5.41, 5.74) is 6.33. The number of nitrogens with zero attached hydrogens (tertiary/aromatic N) is 4. The quantitative estimate of drug-likeness (QED) is 0.598. The molecule has 0 spiro atoms. The lowest BCUT2D eigenvalue weighted by Crippen LogP contribution is -2.37. The molecule has 9 heteroatoms. The number of unbranched alkanes of at least 4 members (excludes halogenated alkanes) is 1. The van der Waals surface area contributed by atoms with E-state index in [-0.39, 0.29) is 12.4 Å². The number of amides is 2. The van der Waals surface area contributed by atoms with Gasteiger partial charge in [0, 0.05) is 23.5 Å². The second-order valence-corrected chi connectivity index (χ2v) is 6.34. The van der Waals surface area contributed by atoms with Crippen molar-refractivity contribution in [2.24, 2.45) is 5.73 Å². The van der Waals surface area contributed by atoms with E-state index in [2.05, 4.69) is 10.1 Å². The van der Waals surface area contributed by atoms with Gasteiger partial charge in [-0.25, -0.2) is 14.6 Å². The Morgan fingerprint density at radius 1 is 1.25 bits per heavy atom. The molecule has 3 N–H and O–H groups in total. The number of aryl methyl sites for hydroxylation is 1. The molecule has 0 bridgehead atoms. The summed E-state index contributed by atoms with van der Waals surface area (Å²) in [6.45, 7) is 3.24. The van der Waals surface area contributed by atoms with Crippen molar-refractivity contribution in [2.45, 2.75) is 32.7 Å². The second-order valence-electron chi connectivity index (χ2n) is 6.34. The minimum absolute atomic E-state index is 0.0557. The van der Waals surface area contributed by atoms with Crippen LogP contribution in [0.2, 0.25) is 0 Å². The van der Waals surface area contributed by atoms with Crippen molar-refractivity contribution in [3.8, 4) is 0 Å². The number of pyridine rings is 1. The van der Waals surface area contributed by atoms with Crippen LogP contribution < -0.4 is 10.6 Å². The molecule has 3 aromatic rings. The highest BCUT2D eigenvalue weighted by molar-refractivity contribution is 6.16. The van der Waals surface area contributed by atoms with E-state index in [9.17, 15) is 14.7 Å². The number of anilines is 1. The number of aromatic nitrogens is 3. The fraction of sp³-hybridized carbons (Fsp3) is 0.368. The van der Waals surface area contributed by atoms with Crippen molar-refractivity contribution < 1.29 is 19.4 Å². The molecular formula is C19H23N5O4. The van der Waals surface area contributed by atoms with E-state index in [1.807, 2.05) is 25.3 Å². The third-order valence-electron chi connectivity index (χ3n) is 4.26. The van der Waals surface area contributed by atoms with Gasteiger partial charge >= 0.3 is 12.2 Å². The Bertz CT molecular complexity index is 1000. The van der Waals surface area contributed by atoms with Gasteiger partial charge in [0.15, 0.2) is 5.82 Å². The summed E-state index contributed by atoms with van der Waals surface area (Å²) in [6, 6.07) is 7.34. The van der Waals surface area contributed by atoms with Crippen molar-refractivity contribution in [1.82, 2.24) is 14.8 Å². The molecule has 0 aliphatic heterocycles. The van der Waals surface area contributed by atoms with Crippen molar-refractivity contribution in [3.63, 3.8) is 0 Å². The maximum Gasteiger partial charge on any atom is 0.425 e. The zero-order valence-electron chi connectivity index (χ0n) is 15.7. The van der Waals surface area contributed by atoms with Crippen LogP contribution in [0, 0.1) is 0 Å². The van der Waals surface area contributed by atoms with Gasteiger partial charge in [-0.15, -0.1) is 0 Å². The molecule has 0 unspecified atom stereocenters. The Morgan fingerprint density at radius 2 is 2.04 bits per heavy atom. The summed E-state index contributed by atoms with van der Waals surface area (Å²) in [5.74, 6) is -0.0557. The lowest BCUT2D eigenvalue weighted by Gasteiger charge is -2.17. The van der Waals surface area contributed by atoms with Crippen LogP contribution in [0.1, 0.15) is 26.2 Å². The van der Waals surface area contributed by atoms with Gasteiger partial charge in [0.1, 0.15) is 5.52 Å². The average Bonchev–Trinajstić information content (AvgIpc) is 3.10. The summed E-state index contributed by atoms with van der Waals surface area (Å²) in [5, 5.41) is 15.7. The number of benzene rings is 1. The maximum absolute atomic E-state index is 12.5. The molecule has 2 aromatic heterocycles. The van der Waals surface area contributed by atoms with Crippen LogP contribution in [0.4, 0.5) is 15.4 Å². The molecule has 3 rings (SSSR count). The predicted molar refractivity (Wildman–Crippen MR) is 105 cm³/mol. The van der Waals surface area contributed by atoms with E-state index in [1.165, 1.54) is 0 Å². The summed E-state index contributed by atoms with van der Waals surface area (Å²) in [7, 11) is 0. The molecule has 148 valence electrons. The van der Waals surface area contributed by atoms with Crippen LogP contribution in [0.25, 0.3) is 21.8 Å². The van der Waals surface area contributed by atoms with Crippen LogP contribution in [-0.4, -0.2) is 45.2 Å². The first-order valence-corrected chi connectivity index (χ1v) is 9.22. The smallest absolute Gasteiger partial charge is 0.425 e. The van der Waals surface area contributed by atoms with Gasteiger partial charge in [0.05, 0.1) is 12.1 Å². The van der Waals surface area contributed by atoms with Crippen molar-refractivity contribution in [2.75, 3.05) is 18.1 Å². The van der Waals surface area contributed by atoms with Crippen LogP contribution in [0.15, 0.2) is 30.5 Å². The molecule has 0 fully saturated rings. The molecule has 0 saturated heterocycles. The molecule has 2 amide bonds. The van der Waals surface area contributed by atoms with Gasteiger partial charge in [0.2, 0.25) is 0 Å². The third-order valence-corrected chi connectivity index (χ3v) is 4.26. The molecule has 28 heavy (non-hydrogen) atoms. The molecular weight excluding hydrogens is 362 g/mol. The van der Waals surface area contributed by atoms with E-state index < -0.39 is 12.2 Å².